The van der Waals surface area contributed by atoms with Gasteiger partial charge in [-0.05, 0) is 105 Å². The van der Waals surface area contributed by atoms with Crippen molar-refractivity contribution in [1.82, 2.24) is 0 Å². The maximum atomic E-state index is 6.44. The smallest absolute Gasteiger partial charge is 0.136 e. The minimum absolute atomic E-state index is 0.891. The SMILES string of the molecule is c1ccc(N(c2ccc(-c3cccc4c3sc3ccccc34)cc2)c2ccc(-c3cccc4c3sc3ccccc34)cc2)c(-c2ccc3oc4cc5ccccc5cc4c3c2)c1. The monoisotopic (exact) mass is 825 g/mol. The van der Waals surface area contributed by atoms with E-state index in [1.54, 1.807) is 0 Å². The number of hydrogen-bond donors (Lipinski definition) is 0. The molecule has 0 atom stereocenters. The topological polar surface area (TPSA) is 16.4 Å². The number of nitrogens with zero attached hydrogens (tertiary/aromatic N) is 1. The second kappa shape index (κ2) is 14.0. The lowest BCUT2D eigenvalue weighted by Gasteiger charge is -2.28. The number of fused-ring (bicyclic) bond motifs is 10. The van der Waals surface area contributed by atoms with Gasteiger partial charge in [-0.25, -0.2) is 0 Å². The second-order valence-corrected chi connectivity index (χ2v) is 18.1. The molecule has 0 radical (unpaired) electrons. The van der Waals surface area contributed by atoms with Gasteiger partial charge in [-0.3, -0.25) is 0 Å². The van der Waals surface area contributed by atoms with Gasteiger partial charge in [-0.2, -0.15) is 0 Å². The highest BCUT2D eigenvalue weighted by molar-refractivity contribution is 7.26. The molecular formula is C58H35NOS2. The third kappa shape index (κ3) is 5.61. The molecule has 0 aliphatic rings. The third-order valence-corrected chi connectivity index (χ3v) is 14.9. The number of benzene rings is 10. The molecule has 0 unspecified atom stereocenters. The maximum absolute atomic E-state index is 6.44. The molecule has 0 fully saturated rings. The van der Waals surface area contributed by atoms with Crippen LogP contribution in [0.4, 0.5) is 17.1 Å². The van der Waals surface area contributed by atoms with Crippen molar-refractivity contribution in [3.05, 3.63) is 212 Å². The van der Waals surface area contributed by atoms with Gasteiger partial charge in [-0.15, -0.1) is 22.7 Å². The standard InChI is InChI=1S/C58H35NOS2/c1-2-12-39-35-54-51(33-38(39)11-1)50-34-40(27-32-53(50)60-54)43-13-3-6-20-52(43)59(41-28-23-36(24-29-41)44-16-9-18-48-46-14-4-7-21-55(46)61-57(44)48)42-30-25-37(26-31-42)45-17-10-19-49-47-15-5-8-22-56(47)62-58(45)49/h1-35H. The summed E-state index contributed by atoms with van der Waals surface area (Å²) in [6, 6.07) is 77.5. The number of hydrogen-bond acceptors (Lipinski definition) is 4. The van der Waals surface area contributed by atoms with Crippen LogP contribution in [0.1, 0.15) is 0 Å². The van der Waals surface area contributed by atoms with Crippen LogP contribution < -0.4 is 4.90 Å². The Bertz CT molecular complexity index is 3710. The van der Waals surface area contributed by atoms with Crippen molar-refractivity contribution in [3.63, 3.8) is 0 Å². The van der Waals surface area contributed by atoms with E-state index in [1.165, 1.54) is 73.4 Å². The van der Waals surface area contributed by atoms with Gasteiger partial charge in [0.15, 0.2) is 0 Å². The lowest BCUT2D eigenvalue weighted by molar-refractivity contribution is 0.669. The fraction of sp³-hybridized carbons (Fsp3) is 0. The molecule has 0 aliphatic heterocycles. The van der Waals surface area contributed by atoms with Crippen LogP contribution in [-0.2, 0) is 0 Å². The van der Waals surface area contributed by atoms with Crippen molar-refractivity contribution in [3.8, 4) is 33.4 Å². The van der Waals surface area contributed by atoms with Crippen LogP contribution in [-0.4, -0.2) is 0 Å². The Balaban J connectivity index is 0.960. The number of anilines is 3. The number of furan rings is 1. The number of thiophene rings is 2. The van der Waals surface area contributed by atoms with Crippen molar-refractivity contribution in [2.24, 2.45) is 0 Å². The van der Waals surface area contributed by atoms with Crippen LogP contribution in [0, 0.1) is 0 Å². The molecule has 0 spiro atoms. The summed E-state index contributed by atoms with van der Waals surface area (Å²) in [4.78, 5) is 2.41. The van der Waals surface area contributed by atoms with Gasteiger partial charge < -0.3 is 9.32 Å². The normalized spacial score (nSPS) is 11.9. The zero-order valence-electron chi connectivity index (χ0n) is 33.4. The lowest BCUT2D eigenvalue weighted by Crippen LogP contribution is -2.11. The Labute approximate surface area is 365 Å². The van der Waals surface area contributed by atoms with E-state index in [0.717, 1.165) is 50.1 Å². The Morgan fingerprint density at radius 3 is 1.44 bits per heavy atom. The van der Waals surface area contributed by atoms with Crippen molar-refractivity contribution in [1.29, 1.82) is 0 Å². The summed E-state index contributed by atoms with van der Waals surface area (Å²) in [5.74, 6) is 0. The quantitative estimate of drug-likeness (QED) is 0.166. The van der Waals surface area contributed by atoms with Gasteiger partial charge in [-0.1, -0.05) is 146 Å². The first-order chi connectivity index (χ1) is 30.7. The van der Waals surface area contributed by atoms with Crippen LogP contribution in [0.3, 0.4) is 0 Å². The van der Waals surface area contributed by atoms with E-state index >= 15 is 0 Å². The highest BCUT2D eigenvalue weighted by atomic mass is 32.1. The zero-order chi connectivity index (χ0) is 40.7. The predicted molar refractivity (Wildman–Crippen MR) is 268 cm³/mol. The molecule has 3 heterocycles. The molecule has 0 saturated carbocycles. The average molecular weight is 826 g/mol. The molecule has 0 aliphatic carbocycles. The first kappa shape index (κ1) is 35.3. The summed E-state index contributed by atoms with van der Waals surface area (Å²) in [7, 11) is 0. The fourth-order valence-corrected chi connectivity index (χ4v) is 12.0. The number of rotatable bonds is 6. The predicted octanol–water partition coefficient (Wildman–Crippen LogP) is 17.9. The molecule has 62 heavy (non-hydrogen) atoms. The summed E-state index contributed by atoms with van der Waals surface area (Å²) in [5, 5.41) is 9.88. The Kier molecular flexibility index (Phi) is 7.99. The minimum Gasteiger partial charge on any atom is -0.456 e. The molecule has 13 rings (SSSR count). The second-order valence-electron chi connectivity index (χ2n) is 16.0. The summed E-state index contributed by atoms with van der Waals surface area (Å²) in [5.41, 5.74) is 12.3. The molecule has 2 nitrogen and oxygen atoms in total. The van der Waals surface area contributed by atoms with Gasteiger partial charge in [0.25, 0.3) is 0 Å². The van der Waals surface area contributed by atoms with E-state index in [-0.39, 0.29) is 0 Å². The van der Waals surface area contributed by atoms with E-state index < -0.39 is 0 Å². The van der Waals surface area contributed by atoms with Crippen molar-refractivity contribution >= 4 is 113 Å². The molecule has 0 bridgehead atoms. The molecule has 290 valence electrons. The summed E-state index contributed by atoms with van der Waals surface area (Å²) >= 11 is 3.75. The molecule has 13 aromatic rings. The summed E-state index contributed by atoms with van der Waals surface area (Å²) < 4.78 is 11.7. The largest absolute Gasteiger partial charge is 0.456 e. The van der Waals surface area contributed by atoms with Crippen LogP contribution in [0.25, 0.3) is 106 Å². The fourth-order valence-electron chi connectivity index (χ4n) is 9.50. The molecular weight excluding hydrogens is 791 g/mol. The Morgan fingerprint density at radius 2 is 0.806 bits per heavy atom. The maximum Gasteiger partial charge on any atom is 0.136 e. The first-order valence-electron chi connectivity index (χ1n) is 21.0. The first-order valence-corrected chi connectivity index (χ1v) is 22.6. The minimum atomic E-state index is 0.891. The van der Waals surface area contributed by atoms with E-state index in [9.17, 15) is 0 Å². The Morgan fingerprint density at radius 1 is 0.323 bits per heavy atom. The molecule has 3 aromatic heterocycles. The molecule has 0 N–H and O–H groups in total. The van der Waals surface area contributed by atoms with Crippen molar-refractivity contribution < 1.29 is 4.42 Å². The third-order valence-electron chi connectivity index (χ3n) is 12.5. The molecule has 4 heteroatoms. The summed E-state index contributed by atoms with van der Waals surface area (Å²) in [6.07, 6.45) is 0. The zero-order valence-corrected chi connectivity index (χ0v) is 35.0. The van der Waals surface area contributed by atoms with Crippen molar-refractivity contribution in [2.45, 2.75) is 0 Å². The lowest BCUT2D eigenvalue weighted by atomic mass is 9.98. The van der Waals surface area contributed by atoms with Gasteiger partial charge in [0, 0.05) is 68.1 Å². The van der Waals surface area contributed by atoms with Crippen molar-refractivity contribution in [2.75, 3.05) is 4.90 Å². The molecule has 10 aromatic carbocycles. The number of para-hydroxylation sites is 1. The van der Waals surface area contributed by atoms with E-state index in [0.29, 0.717) is 0 Å². The van der Waals surface area contributed by atoms with Gasteiger partial charge in [0.2, 0.25) is 0 Å². The highest BCUT2D eigenvalue weighted by Crippen LogP contribution is 2.46. The van der Waals surface area contributed by atoms with E-state index in [1.807, 2.05) is 22.7 Å². The molecule has 0 amide bonds. The summed E-state index contributed by atoms with van der Waals surface area (Å²) in [6.45, 7) is 0. The van der Waals surface area contributed by atoms with Gasteiger partial charge >= 0.3 is 0 Å². The van der Waals surface area contributed by atoms with Crippen LogP contribution >= 0.6 is 22.7 Å². The Hall–Kier alpha value is -7.50. The molecule has 0 saturated heterocycles. The van der Waals surface area contributed by atoms with E-state index in [4.69, 9.17) is 4.42 Å². The van der Waals surface area contributed by atoms with Gasteiger partial charge in [0.1, 0.15) is 11.2 Å². The van der Waals surface area contributed by atoms with Gasteiger partial charge in [0.05, 0.1) is 5.69 Å². The average Bonchev–Trinajstić information content (AvgIpc) is 4.02. The van der Waals surface area contributed by atoms with Crippen LogP contribution in [0.15, 0.2) is 217 Å². The van der Waals surface area contributed by atoms with Crippen LogP contribution in [0.2, 0.25) is 0 Å². The highest BCUT2D eigenvalue weighted by Gasteiger charge is 2.20. The van der Waals surface area contributed by atoms with Crippen LogP contribution in [0.5, 0.6) is 0 Å². The van der Waals surface area contributed by atoms with E-state index in [2.05, 4.69) is 217 Å².